The fourth-order valence-corrected chi connectivity index (χ4v) is 2.24. The molecule has 5 nitrogen and oxygen atoms in total. The van der Waals surface area contributed by atoms with Gasteiger partial charge in [-0.3, -0.25) is 10.1 Å². The van der Waals surface area contributed by atoms with E-state index in [1.807, 2.05) is 5.38 Å². The van der Waals surface area contributed by atoms with Crippen LogP contribution in [0.25, 0.3) is 0 Å². The Kier molecular flexibility index (Phi) is 3.30. The number of nitro groups is 1. The average Bonchev–Trinajstić information content (AvgIpc) is 2.86. The van der Waals surface area contributed by atoms with Gasteiger partial charge in [-0.05, 0) is 12.0 Å². The van der Waals surface area contributed by atoms with Gasteiger partial charge in [0.25, 0.3) is 0 Å². The summed E-state index contributed by atoms with van der Waals surface area (Å²) in [5.74, 6) is 0. The van der Waals surface area contributed by atoms with Crippen molar-refractivity contribution in [3.8, 4) is 0 Å². The van der Waals surface area contributed by atoms with Crippen LogP contribution in [0.2, 0.25) is 0 Å². The van der Waals surface area contributed by atoms with E-state index in [2.05, 4.69) is 5.32 Å². The third-order valence-corrected chi connectivity index (χ3v) is 3.27. The Labute approximate surface area is 91.2 Å². The Morgan fingerprint density at radius 3 is 3.20 bits per heavy atom. The average molecular weight is 228 g/mol. The van der Waals surface area contributed by atoms with Crippen LogP contribution in [0.3, 0.4) is 0 Å². The summed E-state index contributed by atoms with van der Waals surface area (Å²) in [6.07, 6.45) is 1.02. The van der Waals surface area contributed by atoms with Gasteiger partial charge in [-0.1, -0.05) is 11.3 Å². The smallest absolute Gasteiger partial charge is 0.324 e. The van der Waals surface area contributed by atoms with Crippen LogP contribution >= 0.6 is 11.3 Å². The van der Waals surface area contributed by atoms with E-state index in [0.717, 1.165) is 25.2 Å². The van der Waals surface area contributed by atoms with Crippen LogP contribution < -0.4 is 5.32 Å². The molecule has 82 valence electrons. The molecule has 6 heteroatoms. The second-order valence-corrected chi connectivity index (χ2v) is 4.38. The van der Waals surface area contributed by atoms with Gasteiger partial charge < -0.3 is 10.1 Å². The number of ether oxygens (including phenoxy) is 1. The van der Waals surface area contributed by atoms with Gasteiger partial charge in [-0.15, -0.1) is 0 Å². The maximum Gasteiger partial charge on any atom is 0.324 e. The second kappa shape index (κ2) is 4.69. The summed E-state index contributed by atoms with van der Waals surface area (Å²) in [5.41, 5.74) is 0.971. The number of hydrogen-bond donors (Lipinski definition) is 1. The maximum atomic E-state index is 10.5. The second-order valence-electron chi connectivity index (χ2n) is 3.49. The maximum absolute atomic E-state index is 10.5. The predicted octanol–water partition coefficient (Wildman–Crippen LogP) is 1.53. The Balaban J connectivity index is 1.84. The molecule has 15 heavy (non-hydrogen) atoms. The van der Waals surface area contributed by atoms with Gasteiger partial charge in [0.1, 0.15) is 0 Å². The predicted molar refractivity (Wildman–Crippen MR) is 57.0 cm³/mol. The van der Waals surface area contributed by atoms with Crippen molar-refractivity contribution in [1.29, 1.82) is 0 Å². The first kappa shape index (κ1) is 10.5. The molecule has 0 bridgehead atoms. The highest BCUT2D eigenvalue weighted by atomic mass is 32.1. The SMILES string of the molecule is O=[N+]([O-])c1cc(CNC2CCOC2)cs1. The van der Waals surface area contributed by atoms with Crippen molar-refractivity contribution in [2.75, 3.05) is 13.2 Å². The number of thiophene rings is 1. The van der Waals surface area contributed by atoms with Crippen molar-refractivity contribution >= 4 is 16.3 Å². The number of nitrogens with zero attached hydrogens (tertiary/aromatic N) is 1. The third-order valence-electron chi connectivity index (χ3n) is 2.34. The Hall–Kier alpha value is -0.980. The first-order valence-corrected chi connectivity index (χ1v) is 5.66. The highest BCUT2D eigenvalue weighted by molar-refractivity contribution is 7.13. The van der Waals surface area contributed by atoms with Crippen LogP contribution in [0.15, 0.2) is 11.4 Å². The van der Waals surface area contributed by atoms with Crippen LogP contribution in [0.1, 0.15) is 12.0 Å². The fourth-order valence-electron chi connectivity index (χ4n) is 1.51. The zero-order valence-electron chi connectivity index (χ0n) is 8.14. The molecule has 1 aliphatic heterocycles. The largest absolute Gasteiger partial charge is 0.380 e. The van der Waals surface area contributed by atoms with Crippen molar-refractivity contribution in [3.63, 3.8) is 0 Å². The topological polar surface area (TPSA) is 64.4 Å². The molecular weight excluding hydrogens is 216 g/mol. The number of nitrogens with one attached hydrogen (secondary N) is 1. The van der Waals surface area contributed by atoms with E-state index < -0.39 is 0 Å². The lowest BCUT2D eigenvalue weighted by Gasteiger charge is -2.08. The number of rotatable bonds is 4. The number of hydrogen-bond acceptors (Lipinski definition) is 5. The molecule has 1 fully saturated rings. The van der Waals surface area contributed by atoms with Crippen LogP contribution in [0.4, 0.5) is 5.00 Å². The first-order chi connectivity index (χ1) is 7.25. The van der Waals surface area contributed by atoms with Crippen molar-refractivity contribution in [2.45, 2.75) is 19.0 Å². The molecule has 1 unspecified atom stereocenters. The van der Waals surface area contributed by atoms with Crippen molar-refractivity contribution in [2.24, 2.45) is 0 Å². The quantitative estimate of drug-likeness (QED) is 0.627. The normalized spacial score (nSPS) is 20.7. The minimum atomic E-state index is -0.354. The molecule has 2 rings (SSSR count). The lowest BCUT2D eigenvalue weighted by atomic mass is 10.2. The van der Waals surface area contributed by atoms with E-state index in [4.69, 9.17) is 4.74 Å². The van der Waals surface area contributed by atoms with Crippen LogP contribution in [0, 0.1) is 10.1 Å². The molecule has 1 atom stereocenters. The zero-order valence-corrected chi connectivity index (χ0v) is 8.96. The highest BCUT2D eigenvalue weighted by Gasteiger charge is 2.15. The molecule has 0 amide bonds. The van der Waals surface area contributed by atoms with Gasteiger partial charge in [0.2, 0.25) is 0 Å². The summed E-state index contributed by atoms with van der Waals surface area (Å²) in [6, 6.07) is 2.01. The fraction of sp³-hybridized carbons (Fsp3) is 0.556. The van der Waals surface area contributed by atoms with E-state index in [1.165, 1.54) is 11.3 Å². The first-order valence-electron chi connectivity index (χ1n) is 4.78. The van der Waals surface area contributed by atoms with E-state index >= 15 is 0 Å². The molecule has 1 aromatic rings. The molecule has 0 spiro atoms. The molecule has 0 saturated carbocycles. The van der Waals surface area contributed by atoms with Crippen LogP contribution in [-0.4, -0.2) is 24.2 Å². The van der Waals surface area contributed by atoms with Gasteiger partial charge in [-0.25, -0.2) is 0 Å². The van der Waals surface area contributed by atoms with E-state index in [-0.39, 0.29) is 9.92 Å². The summed E-state index contributed by atoms with van der Waals surface area (Å²) >= 11 is 1.17. The summed E-state index contributed by atoms with van der Waals surface area (Å²) < 4.78 is 5.22. The lowest BCUT2D eigenvalue weighted by molar-refractivity contribution is -0.380. The third kappa shape index (κ3) is 2.74. The minimum absolute atomic E-state index is 0.203. The molecule has 0 aromatic carbocycles. The Morgan fingerprint density at radius 2 is 2.60 bits per heavy atom. The molecule has 0 aliphatic carbocycles. The summed E-state index contributed by atoms with van der Waals surface area (Å²) in [4.78, 5) is 10.1. The van der Waals surface area contributed by atoms with E-state index in [0.29, 0.717) is 12.6 Å². The highest BCUT2D eigenvalue weighted by Crippen LogP contribution is 2.22. The lowest BCUT2D eigenvalue weighted by Crippen LogP contribution is -2.28. The van der Waals surface area contributed by atoms with Gasteiger partial charge in [0.15, 0.2) is 0 Å². The van der Waals surface area contributed by atoms with Crippen LogP contribution in [0.5, 0.6) is 0 Å². The molecule has 1 aliphatic rings. The van der Waals surface area contributed by atoms with Crippen molar-refractivity contribution < 1.29 is 9.66 Å². The molecule has 1 aromatic heterocycles. The minimum Gasteiger partial charge on any atom is -0.380 e. The van der Waals surface area contributed by atoms with Crippen molar-refractivity contribution in [3.05, 3.63) is 27.1 Å². The van der Waals surface area contributed by atoms with Gasteiger partial charge in [0.05, 0.1) is 11.5 Å². The van der Waals surface area contributed by atoms with Crippen LogP contribution in [-0.2, 0) is 11.3 Å². The van der Waals surface area contributed by atoms with Gasteiger partial charge in [0, 0.05) is 30.6 Å². The van der Waals surface area contributed by atoms with Gasteiger partial charge in [-0.2, -0.15) is 0 Å². The molecule has 1 saturated heterocycles. The molecule has 1 N–H and O–H groups in total. The Bertz CT molecular complexity index is 347. The summed E-state index contributed by atoms with van der Waals surface area (Å²) in [5, 5.41) is 15.8. The monoisotopic (exact) mass is 228 g/mol. The molecule has 2 heterocycles. The van der Waals surface area contributed by atoms with E-state index in [1.54, 1.807) is 6.07 Å². The summed E-state index contributed by atoms with van der Waals surface area (Å²) in [6.45, 7) is 2.23. The zero-order chi connectivity index (χ0) is 10.7. The van der Waals surface area contributed by atoms with E-state index in [9.17, 15) is 10.1 Å². The summed E-state index contributed by atoms with van der Waals surface area (Å²) in [7, 11) is 0. The van der Waals surface area contributed by atoms with Crippen molar-refractivity contribution in [1.82, 2.24) is 5.32 Å². The standard InChI is InChI=1S/C9H12N2O3S/c12-11(13)9-3-7(6-15-9)4-10-8-1-2-14-5-8/h3,6,8,10H,1-2,4-5H2. The molecular formula is C9H12N2O3S. The van der Waals surface area contributed by atoms with Gasteiger partial charge >= 0.3 is 5.00 Å². The molecule has 0 radical (unpaired) electrons. The Morgan fingerprint density at radius 1 is 1.73 bits per heavy atom.